The molecule has 0 unspecified atom stereocenters. The number of aromatic nitrogens is 1. The minimum absolute atomic E-state index is 0.116. The number of amides is 1. The fourth-order valence-corrected chi connectivity index (χ4v) is 4.07. The van der Waals surface area contributed by atoms with Gasteiger partial charge in [0.05, 0.1) is 17.7 Å². The standard InChI is InChI=1S/C19H32N4O3/c1-14(12-23(2)3)21-18(24)19(5-7-20-8-6-19)11-16-10-17(22-26-16)15-4-9-25-13-15/h10,14-15,20H,4-9,11-13H2,1-3H3,(H,21,24)/t14-,15+/m0/s1. The minimum Gasteiger partial charge on any atom is -0.381 e. The Morgan fingerprint density at radius 1 is 1.46 bits per heavy atom. The summed E-state index contributed by atoms with van der Waals surface area (Å²) in [6.45, 7) is 6.09. The van der Waals surface area contributed by atoms with Crippen molar-refractivity contribution in [1.29, 1.82) is 0 Å². The molecule has 0 bridgehead atoms. The topological polar surface area (TPSA) is 79.6 Å². The van der Waals surface area contributed by atoms with E-state index >= 15 is 0 Å². The van der Waals surface area contributed by atoms with Crippen LogP contribution >= 0.6 is 0 Å². The van der Waals surface area contributed by atoms with Gasteiger partial charge in [0, 0.05) is 37.6 Å². The van der Waals surface area contributed by atoms with E-state index in [9.17, 15) is 4.79 Å². The van der Waals surface area contributed by atoms with Gasteiger partial charge in [-0.05, 0) is 53.4 Å². The summed E-state index contributed by atoms with van der Waals surface area (Å²) >= 11 is 0. The van der Waals surface area contributed by atoms with Crippen LogP contribution in [0.4, 0.5) is 0 Å². The van der Waals surface area contributed by atoms with E-state index in [0.29, 0.717) is 18.9 Å². The molecule has 0 radical (unpaired) electrons. The van der Waals surface area contributed by atoms with Crippen molar-refractivity contribution in [1.82, 2.24) is 20.7 Å². The molecule has 2 atom stereocenters. The van der Waals surface area contributed by atoms with Crippen LogP contribution in [-0.2, 0) is 16.0 Å². The molecule has 7 heteroatoms. The fourth-order valence-electron chi connectivity index (χ4n) is 4.07. The predicted octanol–water partition coefficient (Wildman–Crippen LogP) is 1.16. The van der Waals surface area contributed by atoms with Gasteiger partial charge >= 0.3 is 0 Å². The smallest absolute Gasteiger partial charge is 0.227 e. The summed E-state index contributed by atoms with van der Waals surface area (Å²) in [4.78, 5) is 15.2. The zero-order chi connectivity index (χ0) is 18.6. The maximum Gasteiger partial charge on any atom is 0.227 e. The number of piperidine rings is 1. The van der Waals surface area contributed by atoms with Crippen LogP contribution in [0.15, 0.2) is 10.6 Å². The number of carbonyl (C=O) groups is 1. The largest absolute Gasteiger partial charge is 0.381 e. The first-order valence-electron chi connectivity index (χ1n) is 9.68. The molecule has 2 aliphatic rings. The van der Waals surface area contributed by atoms with Gasteiger partial charge in [-0.2, -0.15) is 0 Å². The number of likely N-dealkylation sites (N-methyl/N-ethyl adjacent to an activating group) is 1. The van der Waals surface area contributed by atoms with Crippen LogP contribution in [0.1, 0.15) is 43.6 Å². The molecule has 2 N–H and O–H groups in total. The first-order valence-corrected chi connectivity index (χ1v) is 9.68. The van der Waals surface area contributed by atoms with Crippen molar-refractivity contribution in [2.45, 2.75) is 44.6 Å². The fraction of sp³-hybridized carbons (Fsp3) is 0.789. The molecule has 0 aromatic carbocycles. The van der Waals surface area contributed by atoms with Gasteiger partial charge in [-0.1, -0.05) is 5.16 Å². The van der Waals surface area contributed by atoms with Gasteiger partial charge in [0.1, 0.15) is 5.76 Å². The highest BCUT2D eigenvalue weighted by atomic mass is 16.5. The third kappa shape index (κ3) is 4.64. The molecule has 0 spiro atoms. The molecule has 3 heterocycles. The molecule has 0 saturated carbocycles. The van der Waals surface area contributed by atoms with Crippen LogP contribution in [0.25, 0.3) is 0 Å². The van der Waals surface area contributed by atoms with Gasteiger partial charge in [0.15, 0.2) is 0 Å². The quantitative estimate of drug-likeness (QED) is 0.756. The number of hydrogen-bond donors (Lipinski definition) is 2. The lowest BCUT2D eigenvalue weighted by Crippen LogP contribution is -2.52. The highest BCUT2D eigenvalue weighted by Crippen LogP contribution is 2.35. The van der Waals surface area contributed by atoms with Gasteiger partial charge in [-0.25, -0.2) is 0 Å². The Balaban J connectivity index is 1.69. The number of carbonyl (C=O) groups excluding carboxylic acids is 1. The Kier molecular flexibility index (Phi) is 6.32. The Morgan fingerprint density at radius 3 is 2.88 bits per heavy atom. The van der Waals surface area contributed by atoms with E-state index < -0.39 is 5.41 Å². The summed E-state index contributed by atoms with van der Waals surface area (Å²) in [5.41, 5.74) is 0.539. The summed E-state index contributed by atoms with van der Waals surface area (Å²) in [5, 5.41) is 10.8. The van der Waals surface area contributed by atoms with E-state index in [-0.39, 0.29) is 11.9 Å². The van der Waals surface area contributed by atoms with E-state index in [1.807, 2.05) is 20.2 Å². The van der Waals surface area contributed by atoms with Crippen LogP contribution < -0.4 is 10.6 Å². The maximum atomic E-state index is 13.1. The monoisotopic (exact) mass is 364 g/mol. The number of ether oxygens (including phenoxy) is 1. The SMILES string of the molecule is C[C@@H](CN(C)C)NC(=O)C1(Cc2cc([C@@H]3CCOC3)no2)CCNCC1. The van der Waals surface area contributed by atoms with Crippen LogP contribution in [0.2, 0.25) is 0 Å². The molecule has 2 fully saturated rings. The van der Waals surface area contributed by atoms with E-state index in [0.717, 1.165) is 57.0 Å². The second-order valence-electron chi connectivity index (χ2n) is 8.12. The second kappa shape index (κ2) is 8.50. The summed E-state index contributed by atoms with van der Waals surface area (Å²) in [7, 11) is 4.04. The van der Waals surface area contributed by atoms with E-state index in [1.165, 1.54) is 0 Å². The van der Waals surface area contributed by atoms with Crippen molar-refractivity contribution in [2.75, 3.05) is 46.9 Å². The first kappa shape index (κ1) is 19.3. The Morgan fingerprint density at radius 2 is 2.23 bits per heavy atom. The number of rotatable bonds is 7. The van der Waals surface area contributed by atoms with E-state index in [1.54, 1.807) is 0 Å². The number of nitrogens with one attached hydrogen (secondary N) is 2. The van der Waals surface area contributed by atoms with Gasteiger partial charge in [0.2, 0.25) is 5.91 Å². The van der Waals surface area contributed by atoms with Gasteiger partial charge < -0.3 is 24.8 Å². The lowest BCUT2D eigenvalue weighted by molar-refractivity contribution is -0.133. The van der Waals surface area contributed by atoms with Gasteiger partial charge in [0.25, 0.3) is 0 Å². The Labute approximate surface area is 155 Å². The van der Waals surface area contributed by atoms with E-state index in [2.05, 4.69) is 27.6 Å². The lowest BCUT2D eigenvalue weighted by atomic mass is 9.74. The average molecular weight is 364 g/mol. The molecule has 7 nitrogen and oxygen atoms in total. The first-order chi connectivity index (χ1) is 12.5. The Bertz CT molecular complexity index is 589. The minimum atomic E-state index is -0.422. The highest BCUT2D eigenvalue weighted by Gasteiger charge is 2.41. The molecule has 0 aliphatic carbocycles. The van der Waals surface area contributed by atoms with E-state index in [4.69, 9.17) is 9.26 Å². The van der Waals surface area contributed by atoms with Crippen molar-refractivity contribution in [3.8, 4) is 0 Å². The Hall–Kier alpha value is -1.44. The molecular formula is C19H32N4O3. The number of hydrogen-bond acceptors (Lipinski definition) is 6. The molecule has 26 heavy (non-hydrogen) atoms. The molecule has 2 saturated heterocycles. The predicted molar refractivity (Wildman–Crippen MR) is 99.1 cm³/mol. The van der Waals surface area contributed by atoms with Crippen molar-refractivity contribution < 1.29 is 14.1 Å². The summed E-state index contributed by atoms with van der Waals surface area (Å²) in [6.07, 6.45) is 3.23. The molecule has 146 valence electrons. The van der Waals surface area contributed by atoms with Crippen LogP contribution in [-0.4, -0.2) is 68.9 Å². The van der Waals surface area contributed by atoms with Crippen LogP contribution in [0.3, 0.4) is 0 Å². The van der Waals surface area contributed by atoms with Crippen LogP contribution in [0, 0.1) is 5.41 Å². The zero-order valence-corrected chi connectivity index (χ0v) is 16.2. The normalized spacial score (nSPS) is 23.9. The third-order valence-corrected chi connectivity index (χ3v) is 5.50. The summed E-state index contributed by atoms with van der Waals surface area (Å²) < 4.78 is 11.1. The van der Waals surface area contributed by atoms with Gasteiger partial charge in [-0.3, -0.25) is 4.79 Å². The molecule has 1 amide bonds. The maximum absolute atomic E-state index is 13.1. The molecule has 2 aliphatic heterocycles. The third-order valence-electron chi connectivity index (χ3n) is 5.50. The second-order valence-corrected chi connectivity index (χ2v) is 8.12. The summed E-state index contributed by atoms with van der Waals surface area (Å²) in [5.74, 6) is 1.27. The van der Waals surface area contributed by atoms with Crippen molar-refractivity contribution in [3.63, 3.8) is 0 Å². The van der Waals surface area contributed by atoms with Gasteiger partial charge in [-0.15, -0.1) is 0 Å². The lowest BCUT2D eigenvalue weighted by Gasteiger charge is -2.36. The van der Waals surface area contributed by atoms with Crippen molar-refractivity contribution in [3.05, 3.63) is 17.5 Å². The number of nitrogens with zero attached hydrogens (tertiary/aromatic N) is 2. The van der Waals surface area contributed by atoms with Crippen molar-refractivity contribution >= 4 is 5.91 Å². The molecule has 1 aromatic heterocycles. The zero-order valence-electron chi connectivity index (χ0n) is 16.2. The summed E-state index contributed by atoms with van der Waals surface area (Å²) in [6, 6.07) is 2.14. The molecular weight excluding hydrogens is 332 g/mol. The van der Waals surface area contributed by atoms with Crippen LogP contribution in [0.5, 0.6) is 0 Å². The molecule has 1 aromatic rings. The average Bonchev–Trinajstić information content (AvgIpc) is 3.26. The highest BCUT2D eigenvalue weighted by molar-refractivity contribution is 5.83. The van der Waals surface area contributed by atoms with Crippen molar-refractivity contribution in [2.24, 2.45) is 5.41 Å². The molecule has 3 rings (SSSR count).